The first kappa shape index (κ1) is 12.6. The number of phenolic OH excluding ortho intramolecular Hbond substituents is 1. The van der Waals surface area contributed by atoms with Gasteiger partial charge in [0.2, 0.25) is 0 Å². The Morgan fingerprint density at radius 3 is 2.69 bits per heavy atom. The van der Waals surface area contributed by atoms with Crippen molar-refractivity contribution in [2.75, 3.05) is 6.54 Å². The number of aryl methyl sites for hydroxylation is 1. The van der Waals surface area contributed by atoms with E-state index in [-0.39, 0.29) is 0 Å². The standard InChI is InChI=1S/C14H19NO/c1-3-4-11-15-12(2)5-6-13-7-9-14(16)10-8-13/h1,7-10,12,15-16H,4-6,11H2,2H3. The minimum atomic E-state index is 0.323. The first-order valence-corrected chi connectivity index (χ1v) is 5.67. The van der Waals surface area contributed by atoms with Gasteiger partial charge in [0.1, 0.15) is 5.75 Å². The minimum Gasteiger partial charge on any atom is -0.508 e. The number of terminal acetylenes is 1. The number of phenols is 1. The summed E-state index contributed by atoms with van der Waals surface area (Å²) in [6, 6.07) is 7.85. The minimum absolute atomic E-state index is 0.323. The second-order valence-electron chi connectivity index (χ2n) is 4.01. The summed E-state index contributed by atoms with van der Waals surface area (Å²) < 4.78 is 0. The van der Waals surface area contributed by atoms with E-state index in [9.17, 15) is 0 Å². The van der Waals surface area contributed by atoms with Crippen molar-refractivity contribution in [2.45, 2.75) is 32.2 Å². The molecule has 0 bridgehead atoms. The van der Waals surface area contributed by atoms with Crippen molar-refractivity contribution in [2.24, 2.45) is 0 Å². The molecule has 0 aromatic heterocycles. The third-order valence-electron chi connectivity index (χ3n) is 2.56. The second kappa shape index (κ2) is 6.92. The summed E-state index contributed by atoms with van der Waals surface area (Å²) in [6.45, 7) is 3.05. The van der Waals surface area contributed by atoms with Gasteiger partial charge in [-0.2, -0.15) is 0 Å². The molecule has 1 aromatic carbocycles. The van der Waals surface area contributed by atoms with Crippen LogP contribution < -0.4 is 5.32 Å². The van der Waals surface area contributed by atoms with Gasteiger partial charge in [-0.05, 0) is 37.5 Å². The molecule has 0 spiro atoms. The zero-order chi connectivity index (χ0) is 11.8. The van der Waals surface area contributed by atoms with Crippen molar-refractivity contribution in [3.05, 3.63) is 29.8 Å². The molecule has 2 heteroatoms. The van der Waals surface area contributed by atoms with Crippen LogP contribution in [0.25, 0.3) is 0 Å². The number of aromatic hydroxyl groups is 1. The molecule has 0 aliphatic heterocycles. The second-order valence-corrected chi connectivity index (χ2v) is 4.01. The molecule has 16 heavy (non-hydrogen) atoms. The Labute approximate surface area is 97.7 Å². The van der Waals surface area contributed by atoms with Gasteiger partial charge in [0.25, 0.3) is 0 Å². The molecule has 1 rings (SSSR count). The molecule has 0 aliphatic carbocycles. The Morgan fingerprint density at radius 1 is 1.38 bits per heavy atom. The maximum Gasteiger partial charge on any atom is 0.115 e. The predicted molar refractivity (Wildman–Crippen MR) is 67.3 cm³/mol. The van der Waals surface area contributed by atoms with E-state index in [1.807, 2.05) is 12.1 Å². The summed E-state index contributed by atoms with van der Waals surface area (Å²) in [7, 11) is 0. The molecular formula is C14H19NO. The van der Waals surface area contributed by atoms with Gasteiger partial charge < -0.3 is 10.4 Å². The smallest absolute Gasteiger partial charge is 0.115 e. The Hall–Kier alpha value is -1.46. The Morgan fingerprint density at radius 2 is 2.06 bits per heavy atom. The summed E-state index contributed by atoms with van der Waals surface area (Å²) in [4.78, 5) is 0. The van der Waals surface area contributed by atoms with Gasteiger partial charge in [-0.25, -0.2) is 0 Å². The zero-order valence-corrected chi connectivity index (χ0v) is 9.74. The van der Waals surface area contributed by atoms with Crippen LogP contribution in [0.1, 0.15) is 25.3 Å². The fourth-order valence-corrected chi connectivity index (χ4v) is 1.54. The fraction of sp³-hybridized carbons (Fsp3) is 0.429. The first-order valence-electron chi connectivity index (χ1n) is 5.67. The van der Waals surface area contributed by atoms with E-state index in [1.54, 1.807) is 12.1 Å². The maximum atomic E-state index is 9.15. The highest BCUT2D eigenvalue weighted by Crippen LogP contribution is 2.11. The van der Waals surface area contributed by atoms with E-state index in [0.717, 1.165) is 25.8 Å². The third kappa shape index (κ3) is 4.86. The summed E-state index contributed by atoms with van der Waals surface area (Å²) in [5, 5.41) is 12.5. The maximum absolute atomic E-state index is 9.15. The van der Waals surface area contributed by atoms with E-state index < -0.39 is 0 Å². The van der Waals surface area contributed by atoms with Gasteiger partial charge in [-0.1, -0.05) is 12.1 Å². The van der Waals surface area contributed by atoms with Crippen molar-refractivity contribution < 1.29 is 5.11 Å². The van der Waals surface area contributed by atoms with Crippen LogP contribution in [0, 0.1) is 12.3 Å². The molecule has 0 radical (unpaired) electrons. The molecule has 1 unspecified atom stereocenters. The normalized spacial score (nSPS) is 12.0. The summed E-state index contributed by atoms with van der Waals surface area (Å²) >= 11 is 0. The van der Waals surface area contributed by atoms with Crippen LogP contribution in [0.4, 0.5) is 0 Å². The predicted octanol–water partition coefficient (Wildman–Crippen LogP) is 2.33. The number of benzene rings is 1. The lowest BCUT2D eigenvalue weighted by Gasteiger charge is -2.12. The van der Waals surface area contributed by atoms with Crippen LogP contribution >= 0.6 is 0 Å². The van der Waals surface area contributed by atoms with E-state index in [1.165, 1.54) is 5.56 Å². The molecule has 1 atom stereocenters. The largest absolute Gasteiger partial charge is 0.508 e. The molecule has 0 aliphatic rings. The topological polar surface area (TPSA) is 32.3 Å². The monoisotopic (exact) mass is 217 g/mol. The first-order chi connectivity index (χ1) is 7.72. The lowest BCUT2D eigenvalue weighted by atomic mass is 10.1. The van der Waals surface area contributed by atoms with Crippen molar-refractivity contribution in [3.8, 4) is 18.1 Å². The molecule has 2 N–H and O–H groups in total. The van der Waals surface area contributed by atoms with Crippen LogP contribution in [0.5, 0.6) is 5.75 Å². The highest BCUT2D eigenvalue weighted by Gasteiger charge is 2.01. The van der Waals surface area contributed by atoms with Crippen LogP contribution in [0.2, 0.25) is 0 Å². The van der Waals surface area contributed by atoms with E-state index in [0.29, 0.717) is 11.8 Å². The van der Waals surface area contributed by atoms with Gasteiger partial charge in [-0.15, -0.1) is 12.3 Å². The van der Waals surface area contributed by atoms with Gasteiger partial charge >= 0.3 is 0 Å². The lowest BCUT2D eigenvalue weighted by molar-refractivity contribution is 0.474. The number of hydrogen-bond acceptors (Lipinski definition) is 2. The van der Waals surface area contributed by atoms with Crippen molar-refractivity contribution in [1.29, 1.82) is 0 Å². The van der Waals surface area contributed by atoms with Crippen molar-refractivity contribution in [3.63, 3.8) is 0 Å². The van der Waals surface area contributed by atoms with Crippen LogP contribution in [0.3, 0.4) is 0 Å². The summed E-state index contributed by atoms with van der Waals surface area (Å²) in [5.41, 5.74) is 1.25. The quantitative estimate of drug-likeness (QED) is 0.566. The molecule has 0 heterocycles. The lowest BCUT2D eigenvalue weighted by Crippen LogP contribution is -2.27. The van der Waals surface area contributed by atoms with E-state index in [2.05, 4.69) is 18.2 Å². The Kier molecular flexibility index (Phi) is 5.45. The Balaban J connectivity index is 2.23. The zero-order valence-electron chi connectivity index (χ0n) is 9.74. The Bertz CT molecular complexity index is 337. The summed E-state index contributed by atoms with van der Waals surface area (Å²) in [6.07, 6.45) is 8.06. The molecule has 0 saturated heterocycles. The molecular weight excluding hydrogens is 198 g/mol. The van der Waals surface area contributed by atoms with Crippen molar-refractivity contribution in [1.82, 2.24) is 5.32 Å². The average Bonchev–Trinajstić information content (AvgIpc) is 2.29. The molecule has 2 nitrogen and oxygen atoms in total. The van der Waals surface area contributed by atoms with Crippen LogP contribution in [-0.4, -0.2) is 17.7 Å². The number of nitrogens with one attached hydrogen (secondary N) is 1. The number of hydrogen-bond donors (Lipinski definition) is 2. The SMILES string of the molecule is C#CCCNC(C)CCc1ccc(O)cc1. The molecule has 0 fully saturated rings. The highest BCUT2D eigenvalue weighted by molar-refractivity contribution is 5.25. The molecule has 86 valence electrons. The van der Waals surface area contributed by atoms with Gasteiger partial charge in [0, 0.05) is 19.0 Å². The third-order valence-corrected chi connectivity index (χ3v) is 2.56. The van der Waals surface area contributed by atoms with Gasteiger partial charge in [0.05, 0.1) is 0 Å². The average molecular weight is 217 g/mol. The summed E-state index contributed by atoms with van der Waals surface area (Å²) in [5.74, 6) is 2.94. The number of rotatable bonds is 6. The van der Waals surface area contributed by atoms with Gasteiger partial charge in [-0.3, -0.25) is 0 Å². The molecule has 0 amide bonds. The van der Waals surface area contributed by atoms with Crippen LogP contribution in [0.15, 0.2) is 24.3 Å². The molecule has 0 saturated carbocycles. The van der Waals surface area contributed by atoms with E-state index >= 15 is 0 Å². The van der Waals surface area contributed by atoms with Crippen molar-refractivity contribution >= 4 is 0 Å². The van der Waals surface area contributed by atoms with Crippen LogP contribution in [-0.2, 0) is 6.42 Å². The highest BCUT2D eigenvalue weighted by atomic mass is 16.3. The van der Waals surface area contributed by atoms with Gasteiger partial charge in [0.15, 0.2) is 0 Å². The molecule has 1 aromatic rings. The van der Waals surface area contributed by atoms with E-state index in [4.69, 9.17) is 11.5 Å². The fourth-order valence-electron chi connectivity index (χ4n) is 1.54.